The standard InChI is InChI=1S/C16H30N4S/c1-12(2)9-17-10-15-13(3)18-16(21-15)20(5)14-7-6-8-19(4)11-14/h12,14,17H,6-11H2,1-5H3. The highest BCUT2D eigenvalue weighted by Gasteiger charge is 2.23. The first-order valence-electron chi connectivity index (χ1n) is 8.05. The van der Waals surface area contributed by atoms with Crippen LogP contribution in [0.3, 0.4) is 0 Å². The number of rotatable bonds is 6. The van der Waals surface area contributed by atoms with Gasteiger partial charge in [-0.05, 0) is 45.8 Å². The molecule has 1 atom stereocenters. The van der Waals surface area contributed by atoms with Crippen LogP contribution in [-0.2, 0) is 6.54 Å². The van der Waals surface area contributed by atoms with Crippen LogP contribution in [0.1, 0.15) is 37.3 Å². The predicted molar refractivity (Wildman–Crippen MR) is 92.3 cm³/mol. The molecule has 0 amide bonds. The summed E-state index contributed by atoms with van der Waals surface area (Å²) in [5.74, 6) is 0.693. The Labute approximate surface area is 133 Å². The summed E-state index contributed by atoms with van der Waals surface area (Å²) in [6.07, 6.45) is 2.57. The van der Waals surface area contributed by atoms with Crippen LogP contribution < -0.4 is 10.2 Å². The molecule has 1 fully saturated rings. The lowest BCUT2D eigenvalue weighted by Gasteiger charge is -2.35. The summed E-state index contributed by atoms with van der Waals surface area (Å²) in [6.45, 7) is 11.0. The SMILES string of the molecule is Cc1nc(N(C)C2CCCN(C)C2)sc1CNCC(C)C. The van der Waals surface area contributed by atoms with Crippen molar-refractivity contribution in [2.45, 2.75) is 46.2 Å². The van der Waals surface area contributed by atoms with Crippen molar-refractivity contribution in [1.29, 1.82) is 0 Å². The fraction of sp³-hybridized carbons (Fsp3) is 0.812. The van der Waals surface area contributed by atoms with E-state index in [1.807, 2.05) is 11.3 Å². The molecular weight excluding hydrogens is 280 g/mol. The van der Waals surface area contributed by atoms with Gasteiger partial charge in [-0.3, -0.25) is 0 Å². The van der Waals surface area contributed by atoms with Crippen LogP contribution in [0.4, 0.5) is 5.13 Å². The molecule has 0 saturated carbocycles. The zero-order valence-corrected chi connectivity index (χ0v) is 15.0. The van der Waals surface area contributed by atoms with Crippen LogP contribution in [0.2, 0.25) is 0 Å². The summed E-state index contributed by atoms with van der Waals surface area (Å²) in [6, 6.07) is 0.603. The van der Waals surface area contributed by atoms with Gasteiger partial charge < -0.3 is 15.1 Å². The predicted octanol–water partition coefficient (Wildman–Crippen LogP) is 2.73. The molecule has 0 radical (unpaired) electrons. The van der Waals surface area contributed by atoms with E-state index in [-0.39, 0.29) is 0 Å². The van der Waals surface area contributed by atoms with Gasteiger partial charge in [-0.15, -0.1) is 11.3 Å². The second kappa shape index (κ2) is 7.56. The van der Waals surface area contributed by atoms with Crippen LogP contribution in [0.25, 0.3) is 0 Å². The van der Waals surface area contributed by atoms with E-state index >= 15 is 0 Å². The Bertz CT molecular complexity index is 443. The average molecular weight is 311 g/mol. The molecule has 1 aromatic heterocycles. The number of nitrogens with one attached hydrogen (secondary N) is 1. The molecule has 5 heteroatoms. The summed E-state index contributed by atoms with van der Waals surface area (Å²) in [7, 11) is 4.42. The van der Waals surface area contributed by atoms with Gasteiger partial charge in [0, 0.05) is 31.1 Å². The number of aryl methyl sites for hydroxylation is 1. The van der Waals surface area contributed by atoms with Crippen LogP contribution in [0, 0.1) is 12.8 Å². The van der Waals surface area contributed by atoms with Gasteiger partial charge in [-0.25, -0.2) is 4.98 Å². The molecule has 1 saturated heterocycles. The maximum Gasteiger partial charge on any atom is 0.185 e. The molecule has 1 aliphatic rings. The zero-order chi connectivity index (χ0) is 15.4. The highest BCUT2D eigenvalue weighted by molar-refractivity contribution is 7.15. The maximum absolute atomic E-state index is 4.79. The minimum Gasteiger partial charge on any atom is -0.347 e. The summed E-state index contributed by atoms with van der Waals surface area (Å²) < 4.78 is 0. The minimum absolute atomic E-state index is 0.603. The van der Waals surface area contributed by atoms with Crippen molar-refractivity contribution in [3.8, 4) is 0 Å². The van der Waals surface area contributed by atoms with E-state index in [9.17, 15) is 0 Å². The number of hydrogen-bond donors (Lipinski definition) is 1. The van der Waals surface area contributed by atoms with Crippen LogP contribution in [0.5, 0.6) is 0 Å². The molecule has 2 rings (SSSR count). The molecule has 21 heavy (non-hydrogen) atoms. The van der Waals surface area contributed by atoms with Crippen LogP contribution >= 0.6 is 11.3 Å². The fourth-order valence-corrected chi connectivity index (χ4v) is 3.88. The van der Waals surface area contributed by atoms with E-state index in [2.05, 4.69) is 50.0 Å². The summed E-state index contributed by atoms with van der Waals surface area (Å²) >= 11 is 1.85. The lowest BCUT2D eigenvalue weighted by atomic mass is 10.1. The molecule has 1 aliphatic heterocycles. The molecule has 1 N–H and O–H groups in total. The zero-order valence-electron chi connectivity index (χ0n) is 14.1. The van der Waals surface area contributed by atoms with Crippen molar-refractivity contribution in [2.24, 2.45) is 5.92 Å². The van der Waals surface area contributed by atoms with Gasteiger partial charge in [0.1, 0.15) is 0 Å². The highest BCUT2D eigenvalue weighted by Crippen LogP contribution is 2.28. The number of nitrogens with zero attached hydrogens (tertiary/aromatic N) is 3. The van der Waals surface area contributed by atoms with Crippen LogP contribution in [-0.4, -0.2) is 49.7 Å². The average Bonchev–Trinajstić information content (AvgIpc) is 2.79. The Balaban J connectivity index is 1.96. The molecule has 0 aliphatic carbocycles. The number of anilines is 1. The highest BCUT2D eigenvalue weighted by atomic mass is 32.1. The summed E-state index contributed by atoms with van der Waals surface area (Å²) in [5, 5.41) is 4.70. The van der Waals surface area contributed by atoms with Gasteiger partial charge in [0.25, 0.3) is 0 Å². The molecule has 1 unspecified atom stereocenters. The van der Waals surface area contributed by atoms with E-state index < -0.39 is 0 Å². The van der Waals surface area contributed by atoms with Crippen molar-refractivity contribution >= 4 is 16.5 Å². The number of aromatic nitrogens is 1. The van der Waals surface area contributed by atoms with E-state index in [4.69, 9.17) is 4.98 Å². The van der Waals surface area contributed by atoms with Crippen molar-refractivity contribution < 1.29 is 0 Å². The van der Waals surface area contributed by atoms with Gasteiger partial charge in [0.15, 0.2) is 5.13 Å². The Morgan fingerprint density at radius 3 is 2.90 bits per heavy atom. The molecule has 120 valence electrons. The summed E-state index contributed by atoms with van der Waals surface area (Å²) in [4.78, 5) is 11.0. The molecule has 2 heterocycles. The van der Waals surface area contributed by atoms with Gasteiger partial charge in [0.05, 0.1) is 5.69 Å². The fourth-order valence-electron chi connectivity index (χ4n) is 2.81. The molecular formula is C16H30N4S. The first-order chi connectivity index (χ1) is 9.97. The topological polar surface area (TPSA) is 31.4 Å². The Morgan fingerprint density at radius 1 is 1.48 bits per heavy atom. The lowest BCUT2D eigenvalue weighted by molar-refractivity contribution is 0.248. The number of piperidine rings is 1. The molecule has 0 aromatic carbocycles. The number of hydrogen-bond acceptors (Lipinski definition) is 5. The van der Waals surface area contributed by atoms with E-state index in [1.165, 1.54) is 35.1 Å². The number of thiazole rings is 1. The normalized spacial score (nSPS) is 20.2. The van der Waals surface area contributed by atoms with Crippen LogP contribution in [0.15, 0.2) is 0 Å². The quantitative estimate of drug-likeness (QED) is 0.875. The Kier molecular flexibility index (Phi) is 6.02. The second-order valence-electron chi connectivity index (χ2n) is 6.70. The van der Waals surface area contributed by atoms with Gasteiger partial charge in [-0.1, -0.05) is 13.8 Å². The minimum atomic E-state index is 0.603. The summed E-state index contributed by atoms with van der Waals surface area (Å²) in [5.41, 5.74) is 1.18. The maximum atomic E-state index is 4.79. The van der Waals surface area contributed by atoms with Crippen molar-refractivity contribution in [1.82, 2.24) is 15.2 Å². The second-order valence-corrected chi connectivity index (χ2v) is 7.76. The third kappa shape index (κ3) is 4.66. The Morgan fingerprint density at radius 2 is 2.24 bits per heavy atom. The monoisotopic (exact) mass is 310 g/mol. The van der Waals surface area contributed by atoms with Crippen molar-refractivity contribution in [3.63, 3.8) is 0 Å². The number of likely N-dealkylation sites (tertiary alicyclic amines) is 1. The number of likely N-dealkylation sites (N-methyl/N-ethyl adjacent to an activating group) is 2. The molecule has 1 aromatic rings. The molecule has 0 bridgehead atoms. The van der Waals surface area contributed by atoms with Gasteiger partial charge in [0.2, 0.25) is 0 Å². The van der Waals surface area contributed by atoms with E-state index in [0.29, 0.717) is 12.0 Å². The lowest BCUT2D eigenvalue weighted by Crippen LogP contribution is -2.45. The van der Waals surface area contributed by atoms with Gasteiger partial charge >= 0.3 is 0 Å². The largest absolute Gasteiger partial charge is 0.347 e. The Hall–Kier alpha value is -0.650. The van der Waals surface area contributed by atoms with E-state index in [0.717, 1.165) is 19.6 Å². The van der Waals surface area contributed by atoms with Gasteiger partial charge in [-0.2, -0.15) is 0 Å². The first-order valence-corrected chi connectivity index (χ1v) is 8.87. The van der Waals surface area contributed by atoms with E-state index in [1.54, 1.807) is 0 Å². The first kappa shape index (κ1) is 16.7. The third-order valence-corrected chi connectivity index (χ3v) is 5.42. The smallest absolute Gasteiger partial charge is 0.185 e. The molecule has 4 nitrogen and oxygen atoms in total. The third-order valence-electron chi connectivity index (χ3n) is 4.17. The molecule has 0 spiro atoms. The van der Waals surface area contributed by atoms with Crippen molar-refractivity contribution in [2.75, 3.05) is 38.6 Å². The van der Waals surface area contributed by atoms with Crippen molar-refractivity contribution in [3.05, 3.63) is 10.6 Å².